The van der Waals surface area contributed by atoms with Gasteiger partial charge in [0.1, 0.15) is 17.5 Å². The number of carbonyl (C=O) groups excluding carboxylic acids is 2. The van der Waals surface area contributed by atoms with Crippen molar-refractivity contribution in [1.82, 2.24) is 19.9 Å². The molecule has 0 saturated carbocycles. The van der Waals surface area contributed by atoms with Crippen molar-refractivity contribution in [2.24, 2.45) is 0 Å². The Balaban J connectivity index is 0.000000251. The minimum Gasteiger partial charge on any atom is -0.480 e. The van der Waals surface area contributed by atoms with Crippen molar-refractivity contribution in [1.29, 1.82) is 0 Å². The average molecular weight is 350 g/mol. The molecule has 0 fully saturated rings. The van der Waals surface area contributed by atoms with Crippen molar-refractivity contribution in [3.05, 3.63) is 34.1 Å². The third-order valence-electron chi connectivity index (χ3n) is 2.88. The lowest BCUT2D eigenvalue weighted by molar-refractivity contribution is 0.0997. The second-order valence-electron chi connectivity index (χ2n) is 4.50. The van der Waals surface area contributed by atoms with E-state index in [9.17, 15) is 14.4 Å². The molecule has 2 rings (SSSR count). The van der Waals surface area contributed by atoms with Crippen molar-refractivity contribution in [2.45, 2.75) is 13.8 Å². The van der Waals surface area contributed by atoms with E-state index in [1.165, 1.54) is 47.8 Å². The maximum atomic E-state index is 11.2. The van der Waals surface area contributed by atoms with Gasteiger partial charge in [-0.1, -0.05) is 0 Å². The van der Waals surface area contributed by atoms with Gasteiger partial charge in [-0.25, -0.2) is 15.0 Å². The van der Waals surface area contributed by atoms with Gasteiger partial charge in [-0.05, 0) is 13.8 Å². The fourth-order valence-electron chi connectivity index (χ4n) is 1.81. The molecule has 0 aromatic carbocycles. The van der Waals surface area contributed by atoms with Crippen LogP contribution in [0.4, 0.5) is 0 Å². The van der Waals surface area contributed by atoms with Crippen LogP contribution >= 0.6 is 0 Å². The summed E-state index contributed by atoms with van der Waals surface area (Å²) in [6.07, 6.45) is 2.47. The summed E-state index contributed by atoms with van der Waals surface area (Å²) in [6, 6.07) is 0. The van der Waals surface area contributed by atoms with Crippen LogP contribution in [0.3, 0.4) is 0 Å². The third-order valence-corrected chi connectivity index (χ3v) is 2.88. The monoisotopic (exact) mass is 350 g/mol. The zero-order chi connectivity index (χ0) is 19.0. The Kier molecular flexibility index (Phi) is 7.19. The first-order valence-corrected chi connectivity index (χ1v) is 6.93. The van der Waals surface area contributed by atoms with Gasteiger partial charge in [0, 0.05) is 0 Å². The fourth-order valence-corrected chi connectivity index (χ4v) is 1.81. The first-order chi connectivity index (χ1) is 11.9. The van der Waals surface area contributed by atoms with Gasteiger partial charge >= 0.3 is 0 Å². The first kappa shape index (κ1) is 19.7. The number of methoxy groups -OCH3 is 3. The maximum Gasteiger partial charge on any atom is 0.265 e. The van der Waals surface area contributed by atoms with Crippen LogP contribution in [0.2, 0.25) is 0 Å². The second kappa shape index (κ2) is 9.11. The fraction of sp³-hybridized carbons (Fsp3) is 0.333. The lowest BCUT2D eigenvalue weighted by atomic mass is 10.2. The molecular formula is C15H18N4O6. The summed E-state index contributed by atoms with van der Waals surface area (Å²) in [7, 11) is 4.23. The number of carbonyl (C=O) groups is 2. The number of aromatic amines is 1. The molecule has 0 saturated heterocycles. The molecule has 0 aliphatic carbocycles. The number of aromatic nitrogens is 4. The molecule has 2 heterocycles. The second-order valence-corrected chi connectivity index (χ2v) is 4.50. The minimum absolute atomic E-state index is 0.0417. The van der Waals surface area contributed by atoms with Crippen LogP contribution in [0.5, 0.6) is 17.6 Å². The molecule has 10 heteroatoms. The number of Topliss-reactive ketones (excluding diaryl/α,β-unsaturated/α-hetero) is 2. The molecule has 0 atom stereocenters. The maximum absolute atomic E-state index is 11.2. The summed E-state index contributed by atoms with van der Waals surface area (Å²) in [5.74, 6) is -0.0135. The van der Waals surface area contributed by atoms with Crippen molar-refractivity contribution in [3.63, 3.8) is 0 Å². The predicted molar refractivity (Wildman–Crippen MR) is 86.6 cm³/mol. The minimum atomic E-state index is -0.477. The molecule has 0 bridgehead atoms. The molecule has 1 N–H and O–H groups in total. The van der Waals surface area contributed by atoms with Gasteiger partial charge < -0.3 is 19.2 Å². The topological polar surface area (TPSA) is 133 Å². The Labute approximate surface area is 143 Å². The summed E-state index contributed by atoms with van der Waals surface area (Å²) in [4.78, 5) is 46.7. The van der Waals surface area contributed by atoms with Gasteiger partial charge in [0.15, 0.2) is 11.6 Å². The number of H-pyrrole nitrogens is 1. The van der Waals surface area contributed by atoms with Crippen molar-refractivity contribution in [2.75, 3.05) is 21.3 Å². The van der Waals surface area contributed by atoms with E-state index >= 15 is 0 Å². The molecule has 0 radical (unpaired) electrons. The van der Waals surface area contributed by atoms with Crippen LogP contribution in [-0.2, 0) is 0 Å². The van der Waals surface area contributed by atoms with Gasteiger partial charge in [0.2, 0.25) is 17.6 Å². The molecular weight excluding hydrogens is 332 g/mol. The molecule has 0 amide bonds. The molecule has 134 valence electrons. The van der Waals surface area contributed by atoms with Crippen LogP contribution in [-0.4, -0.2) is 52.8 Å². The van der Waals surface area contributed by atoms with E-state index in [4.69, 9.17) is 14.2 Å². The number of ether oxygens (including phenoxy) is 3. The van der Waals surface area contributed by atoms with Crippen molar-refractivity contribution < 1.29 is 23.8 Å². The lowest BCUT2D eigenvalue weighted by Gasteiger charge is -2.06. The summed E-state index contributed by atoms with van der Waals surface area (Å²) in [5.41, 5.74) is -0.248. The largest absolute Gasteiger partial charge is 0.480 e. The summed E-state index contributed by atoms with van der Waals surface area (Å²) in [6.45, 7) is 2.69. The quantitative estimate of drug-likeness (QED) is 0.772. The number of hydrogen-bond donors (Lipinski definition) is 1. The third kappa shape index (κ3) is 4.83. The number of ketones is 2. The van der Waals surface area contributed by atoms with E-state index in [-0.39, 0.29) is 40.3 Å². The number of hydrogen-bond acceptors (Lipinski definition) is 9. The highest BCUT2D eigenvalue weighted by molar-refractivity contribution is 5.98. The Bertz CT molecular complexity index is 796. The molecule has 25 heavy (non-hydrogen) atoms. The molecule has 0 aliphatic rings. The van der Waals surface area contributed by atoms with E-state index in [2.05, 4.69) is 19.9 Å². The number of nitrogens with zero attached hydrogens (tertiary/aromatic N) is 3. The number of nitrogens with one attached hydrogen (secondary N) is 1. The Morgan fingerprint density at radius 1 is 0.840 bits per heavy atom. The number of rotatable bonds is 5. The van der Waals surface area contributed by atoms with Crippen LogP contribution in [0.25, 0.3) is 0 Å². The van der Waals surface area contributed by atoms with Crippen molar-refractivity contribution in [3.8, 4) is 17.6 Å². The van der Waals surface area contributed by atoms with Gasteiger partial charge in [-0.3, -0.25) is 14.4 Å². The molecule has 10 nitrogen and oxygen atoms in total. The van der Waals surface area contributed by atoms with Crippen LogP contribution in [0.1, 0.15) is 34.6 Å². The van der Waals surface area contributed by atoms with Crippen LogP contribution in [0.15, 0.2) is 17.4 Å². The van der Waals surface area contributed by atoms with E-state index in [0.717, 1.165) is 0 Å². The molecule has 2 aromatic rings. The molecule has 0 spiro atoms. The Morgan fingerprint density at radius 2 is 1.28 bits per heavy atom. The van der Waals surface area contributed by atoms with E-state index in [1.54, 1.807) is 0 Å². The van der Waals surface area contributed by atoms with E-state index in [0.29, 0.717) is 0 Å². The zero-order valence-electron chi connectivity index (χ0n) is 14.4. The summed E-state index contributed by atoms with van der Waals surface area (Å²) in [5, 5.41) is 0. The van der Waals surface area contributed by atoms with Crippen LogP contribution in [0, 0.1) is 0 Å². The average Bonchev–Trinajstić information content (AvgIpc) is 2.60. The van der Waals surface area contributed by atoms with Crippen molar-refractivity contribution >= 4 is 11.6 Å². The Morgan fingerprint density at radius 3 is 1.64 bits per heavy atom. The molecule has 2 aromatic heterocycles. The Hall–Kier alpha value is -3.30. The van der Waals surface area contributed by atoms with Gasteiger partial charge in [-0.15, -0.1) is 0 Å². The molecule has 0 unspecified atom stereocenters. The normalized spacial score (nSPS) is 9.48. The molecule has 0 aliphatic heterocycles. The SMILES string of the molecule is COc1nc[nH]c(=O)c1C(C)=O.COc1ncnc(OC)c1C(C)=O. The lowest BCUT2D eigenvalue weighted by Crippen LogP contribution is -2.17. The smallest absolute Gasteiger partial charge is 0.265 e. The van der Waals surface area contributed by atoms with Gasteiger partial charge in [-0.2, -0.15) is 0 Å². The van der Waals surface area contributed by atoms with Gasteiger partial charge in [0.25, 0.3) is 5.56 Å². The standard InChI is InChI=1S/C8H10N2O3.C7H8N2O3/c1-5(11)6-7(12-2)9-4-10-8(6)13-3;1-4(10)5-6(11)8-3-9-7(5)12-2/h4H,1-3H3;3H,1-2H3,(H,8,9,11). The predicted octanol–water partition coefficient (Wildman–Crippen LogP) is 0.677. The summed E-state index contributed by atoms with van der Waals surface area (Å²) >= 11 is 0. The first-order valence-electron chi connectivity index (χ1n) is 6.93. The highest BCUT2D eigenvalue weighted by atomic mass is 16.5. The zero-order valence-corrected chi connectivity index (χ0v) is 14.4. The highest BCUT2D eigenvalue weighted by Gasteiger charge is 2.16. The van der Waals surface area contributed by atoms with E-state index in [1.807, 2.05) is 0 Å². The van der Waals surface area contributed by atoms with Gasteiger partial charge in [0.05, 0.1) is 27.7 Å². The highest BCUT2D eigenvalue weighted by Crippen LogP contribution is 2.23. The van der Waals surface area contributed by atoms with E-state index < -0.39 is 5.56 Å². The van der Waals surface area contributed by atoms with Crippen LogP contribution < -0.4 is 19.8 Å². The summed E-state index contributed by atoms with van der Waals surface area (Å²) < 4.78 is 14.5.